The molecule has 5 nitrogen and oxygen atoms in total. The van der Waals surface area contributed by atoms with Crippen molar-refractivity contribution in [2.24, 2.45) is 11.7 Å². The zero-order chi connectivity index (χ0) is 15.5. The summed E-state index contributed by atoms with van der Waals surface area (Å²) in [7, 11) is -3.78. The molecule has 1 aromatic rings. The highest BCUT2D eigenvalue weighted by atomic mass is 35.5. The van der Waals surface area contributed by atoms with E-state index in [1.54, 1.807) is 0 Å². The van der Waals surface area contributed by atoms with E-state index in [0.717, 1.165) is 18.9 Å². The molecule has 0 aromatic heterocycles. The van der Waals surface area contributed by atoms with Gasteiger partial charge >= 0.3 is 0 Å². The van der Waals surface area contributed by atoms with Crippen LogP contribution in [0, 0.1) is 11.7 Å². The van der Waals surface area contributed by atoms with Crippen LogP contribution in [-0.4, -0.2) is 28.2 Å². The number of halogens is 2. The number of nitrogens with one attached hydrogen (secondary N) is 1. The molecule has 118 valence electrons. The molecule has 1 heterocycles. The summed E-state index contributed by atoms with van der Waals surface area (Å²) in [6.45, 7) is 1.56. The van der Waals surface area contributed by atoms with Crippen LogP contribution in [0.5, 0.6) is 0 Å². The van der Waals surface area contributed by atoms with Crippen molar-refractivity contribution in [2.75, 3.05) is 19.8 Å². The second-order valence-electron chi connectivity index (χ2n) is 4.99. The van der Waals surface area contributed by atoms with E-state index < -0.39 is 15.8 Å². The van der Waals surface area contributed by atoms with Crippen molar-refractivity contribution in [3.63, 3.8) is 0 Å². The van der Waals surface area contributed by atoms with E-state index in [2.05, 4.69) is 4.72 Å². The Morgan fingerprint density at radius 2 is 2.05 bits per heavy atom. The molecule has 1 aromatic carbocycles. The molecule has 0 unspecified atom stereocenters. The standard InChI is InChI=1S/C13H18ClFN2O3S/c14-13-10(7-16)5-11(6-12(13)15)21(18,19)17-8-9-1-3-20-4-2-9/h5-6,9,17H,1-4,7-8,16H2. The lowest BCUT2D eigenvalue weighted by atomic mass is 10.0. The molecule has 0 spiro atoms. The molecule has 1 aliphatic heterocycles. The minimum Gasteiger partial charge on any atom is -0.381 e. The molecular formula is C13H18ClFN2O3S. The van der Waals surface area contributed by atoms with Gasteiger partial charge in [-0.15, -0.1) is 0 Å². The minimum absolute atomic E-state index is 0.0287. The summed E-state index contributed by atoms with van der Waals surface area (Å²) in [5.41, 5.74) is 5.71. The topological polar surface area (TPSA) is 81.4 Å². The lowest BCUT2D eigenvalue weighted by molar-refractivity contribution is 0.0678. The number of nitrogens with two attached hydrogens (primary N) is 1. The molecule has 0 aliphatic carbocycles. The Hall–Kier alpha value is -0.730. The Kier molecular flexibility index (Phi) is 5.56. The molecule has 0 amide bonds. The largest absolute Gasteiger partial charge is 0.381 e. The number of benzene rings is 1. The molecule has 1 aliphatic rings. The molecule has 21 heavy (non-hydrogen) atoms. The van der Waals surface area contributed by atoms with Gasteiger partial charge in [-0.1, -0.05) is 11.6 Å². The highest BCUT2D eigenvalue weighted by Crippen LogP contribution is 2.24. The van der Waals surface area contributed by atoms with E-state index in [9.17, 15) is 12.8 Å². The molecule has 3 N–H and O–H groups in total. The van der Waals surface area contributed by atoms with Crippen molar-refractivity contribution >= 4 is 21.6 Å². The Morgan fingerprint density at radius 1 is 1.38 bits per heavy atom. The number of hydrogen-bond donors (Lipinski definition) is 2. The first-order valence-corrected chi connectivity index (χ1v) is 8.55. The monoisotopic (exact) mass is 336 g/mol. The number of rotatable bonds is 5. The summed E-state index contributed by atoms with van der Waals surface area (Å²) in [5, 5.41) is -0.138. The second-order valence-corrected chi connectivity index (χ2v) is 7.13. The lowest BCUT2D eigenvalue weighted by Gasteiger charge is -2.22. The van der Waals surface area contributed by atoms with Crippen molar-refractivity contribution in [3.8, 4) is 0 Å². The maximum atomic E-state index is 13.7. The summed E-state index contributed by atoms with van der Waals surface area (Å²) >= 11 is 5.73. The number of ether oxygens (including phenoxy) is 1. The zero-order valence-corrected chi connectivity index (χ0v) is 13.0. The van der Waals surface area contributed by atoms with Crippen molar-refractivity contribution in [2.45, 2.75) is 24.3 Å². The third-order valence-electron chi connectivity index (χ3n) is 3.51. The van der Waals surface area contributed by atoms with Crippen LogP contribution in [0.1, 0.15) is 18.4 Å². The summed E-state index contributed by atoms with van der Waals surface area (Å²) in [6.07, 6.45) is 1.62. The van der Waals surface area contributed by atoms with Gasteiger partial charge in [0.15, 0.2) is 0 Å². The highest BCUT2D eigenvalue weighted by Gasteiger charge is 2.21. The molecular weight excluding hydrogens is 319 g/mol. The highest BCUT2D eigenvalue weighted by molar-refractivity contribution is 7.89. The van der Waals surface area contributed by atoms with Crippen molar-refractivity contribution in [1.29, 1.82) is 0 Å². The van der Waals surface area contributed by atoms with Gasteiger partial charge in [0, 0.05) is 26.3 Å². The van der Waals surface area contributed by atoms with Gasteiger partial charge in [0.25, 0.3) is 0 Å². The SMILES string of the molecule is NCc1cc(S(=O)(=O)NCC2CCOCC2)cc(F)c1Cl. The first-order valence-electron chi connectivity index (χ1n) is 6.69. The van der Waals surface area contributed by atoms with E-state index in [1.165, 1.54) is 6.07 Å². The first kappa shape index (κ1) is 16.6. The van der Waals surface area contributed by atoms with Gasteiger partial charge in [-0.2, -0.15) is 0 Å². The zero-order valence-electron chi connectivity index (χ0n) is 11.4. The predicted octanol–water partition coefficient (Wildman–Crippen LogP) is 1.64. The molecule has 0 atom stereocenters. The molecule has 0 saturated carbocycles. The smallest absolute Gasteiger partial charge is 0.240 e. The third-order valence-corrected chi connectivity index (χ3v) is 5.34. The normalized spacial score (nSPS) is 17.1. The van der Waals surface area contributed by atoms with Gasteiger partial charge in [-0.05, 0) is 36.5 Å². The van der Waals surface area contributed by atoms with Crippen molar-refractivity contribution in [1.82, 2.24) is 4.72 Å². The van der Waals surface area contributed by atoms with Gasteiger partial charge in [0.2, 0.25) is 10.0 Å². The van der Waals surface area contributed by atoms with Crippen LogP contribution < -0.4 is 10.5 Å². The molecule has 1 saturated heterocycles. The maximum Gasteiger partial charge on any atom is 0.240 e. The van der Waals surface area contributed by atoms with Crippen LogP contribution >= 0.6 is 11.6 Å². The minimum atomic E-state index is -3.78. The van der Waals surface area contributed by atoms with E-state index in [-0.39, 0.29) is 27.9 Å². The Balaban J connectivity index is 2.13. The van der Waals surface area contributed by atoms with Gasteiger partial charge in [0.1, 0.15) is 5.82 Å². The fourth-order valence-corrected chi connectivity index (χ4v) is 3.55. The summed E-state index contributed by atoms with van der Waals surface area (Å²) in [6, 6.07) is 2.21. The molecule has 0 radical (unpaired) electrons. The van der Waals surface area contributed by atoms with Crippen LogP contribution in [0.25, 0.3) is 0 Å². The van der Waals surface area contributed by atoms with E-state index >= 15 is 0 Å². The predicted molar refractivity (Wildman–Crippen MR) is 78.0 cm³/mol. The summed E-state index contributed by atoms with van der Waals surface area (Å²) in [5.74, 6) is -0.550. The summed E-state index contributed by atoms with van der Waals surface area (Å²) < 4.78 is 45.8. The number of sulfonamides is 1. The van der Waals surface area contributed by atoms with Gasteiger partial charge < -0.3 is 10.5 Å². The van der Waals surface area contributed by atoms with Crippen LogP contribution in [0.2, 0.25) is 5.02 Å². The summed E-state index contributed by atoms with van der Waals surface area (Å²) in [4.78, 5) is -0.156. The molecule has 8 heteroatoms. The van der Waals surface area contributed by atoms with E-state index in [0.29, 0.717) is 19.8 Å². The van der Waals surface area contributed by atoms with Crippen molar-refractivity contribution < 1.29 is 17.5 Å². The van der Waals surface area contributed by atoms with E-state index in [4.69, 9.17) is 22.1 Å². The fraction of sp³-hybridized carbons (Fsp3) is 0.538. The molecule has 2 rings (SSSR count). The molecule has 0 bridgehead atoms. The quantitative estimate of drug-likeness (QED) is 0.856. The van der Waals surface area contributed by atoms with Crippen LogP contribution in [0.3, 0.4) is 0 Å². The first-order chi connectivity index (χ1) is 9.94. The lowest BCUT2D eigenvalue weighted by Crippen LogP contribution is -2.32. The Morgan fingerprint density at radius 3 is 2.67 bits per heavy atom. The average Bonchev–Trinajstić information content (AvgIpc) is 2.49. The molecule has 1 fully saturated rings. The third kappa shape index (κ3) is 4.14. The van der Waals surface area contributed by atoms with Gasteiger partial charge in [0.05, 0.1) is 9.92 Å². The van der Waals surface area contributed by atoms with Crippen LogP contribution in [-0.2, 0) is 21.3 Å². The maximum absolute atomic E-state index is 13.7. The average molecular weight is 337 g/mol. The fourth-order valence-electron chi connectivity index (χ4n) is 2.18. The van der Waals surface area contributed by atoms with Gasteiger partial charge in [-0.3, -0.25) is 0 Å². The van der Waals surface area contributed by atoms with Gasteiger partial charge in [-0.25, -0.2) is 17.5 Å². The Bertz CT molecular complexity index is 604. The second kappa shape index (κ2) is 7.02. The Labute approximate surface area is 128 Å². The van der Waals surface area contributed by atoms with Crippen LogP contribution in [0.4, 0.5) is 4.39 Å². The van der Waals surface area contributed by atoms with Crippen LogP contribution in [0.15, 0.2) is 17.0 Å². The van der Waals surface area contributed by atoms with E-state index in [1.807, 2.05) is 0 Å². The van der Waals surface area contributed by atoms with Crippen molar-refractivity contribution in [3.05, 3.63) is 28.5 Å². The number of hydrogen-bond acceptors (Lipinski definition) is 4.